The summed E-state index contributed by atoms with van der Waals surface area (Å²) < 4.78 is 5.62. The summed E-state index contributed by atoms with van der Waals surface area (Å²) in [6.07, 6.45) is 7.32. The first-order valence-corrected chi connectivity index (χ1v) is 8.97. The van der Waals surface area contributed by atoms with E-state index < -0.39 is 0 Å². The van der Waals surface area contributed by atoms with Crippen LogP contribution in [-0.2, 0) is 4.74 Å². The Morgan fingerprint density at radius 2 is 2.26 bits per heavy atom. The standard InChI is InChI=1S/C15H31NO2S/c1-3-9-16-15(4-2,13-17)8-6-11-19-12-14-7-5-10-18-14/h14,16-17H,3-13H2,1-2H3. The largest absolute Gasteiger partial charge is 0.394 e. The summed E-state index contributed by atoms with van der Waals surface area (Å²) in [6, 6.07) is 0. The minimum Gasteiger partial charge on any atom is -0.394 e. The lowest BCUT2D eigenvalue weighted by molar-refractivity contribution is 0.129. The van der Waals surface area contributed by atoms with E-state index in [2.05, 4.69) is 19.2 Å². The Balaban J connectivity index is 2.12. The fraction of sp³-hybridized carbons (Fsp3) is 1.00. The zero-order valence-corrected chi connectivity index (χ0v) is 13.4. The van der Waals surface area contributed by atoms with Crippen molar-refractivity contribution in [2.75, 3.05) is 31.3 Å². The average Bonchev–Trinajstić information content (AvgIpc) is 2.95. The van der Waals surface area contributed by atoms with Gasteiger partial charge in [0.05, 0.1) is 12.7 Å². The molecule has 0 aromatic heterocycles. The molecule has 0 aliphatic carbocycles. The van der Waals surface area contributed by atoms with Crippen molar-refractivity contribution in [2.45, 2.75) is 64.0 Å². The maximum absolute atomic E-state index is 9.64. The van der Waals surface area contributed by atoms with Gasteiger partial charge in [0.2, 0.25) is 0 Å². The molecule has 114 valence electrons. The highest BCUT2D eigenvalue weighted by Crippen LogP contribution is 2.21. The van der Waals surface area contributed by atoms with Gasteiger partial charge in [-0.1, -0.05) is 13.8 Å². The first kappa shape index (κ1) is 17.3. The van der Waals surface area contributed by atoms with E-state index >= 15 is 0 Å². The number of ether oxygens (including phenoxy) is 1. The van der Waals surface area contributed by atoms with E-state index in [1.54, 1.807) is 0 Å². The number of rotatable bonds is 11. The molecule has 0 amide bonds. The minimum absolute atomic E-state index is 0.0551. The molecule has 2 unspecified atom stereocenters. The van der Waals surface area contributed by atoms with Gasteiger partial charge in [0.15, 0.2) is 0 Å². The molecule has 0 bridgehead atoms. The molecule has 3 nitrogen and oxygen atoms in total. The Morgan fingerprint density at radius 1 is 1.42 bits per heavy atom. The van der Waals surface area contributed by atoms with Gasteiger partial charge in [-0.2, -0.15) is 11.8 Å². The van der Waals surface area contributed by atoms with Crippen molar-refractivity contribution in [1.82, 2.24) is 5.32 Å². The maximum Gasteiger partial charge on any atom is 0.0666 e. The van der Waals surface area contributed by atoms with Crippen molar-refractivity contribution >= 4 is 11.8 Å². The summed E-state index contributed by atoms with van der Waals surface area (Å²) in [7, 11) is 0. The monoisotopic (exact) mass is 289 g/mol. The van der Waals surface area contributed by atoms with Crippen molar-refractivity contribution in [1.29, 1.82) is 0 Å². The van der Waals surface area contributed by atoms with Gasteiger partial charge in [0.25, 0.3) is 0 Å². The van der Waals surface area contributed by atoms with Crippen molar-refractivity contribution in [3.63, 3.8) is 0 Å². The Labute approximate surface area is 122 Å². The van der Waals surface area contributed by atoms with E-state index in [1.165, 1.54) is 25.0 Å². The summed E-state index contributed by atoms with van der Waals surface area (Å²) in [6.45, 7) is 6.54. The fourth-order valence-corrected chi connectivity index (χ4v) is 3.57. The topological polar surface area (TPSA) is 41.5 Å². The van der Waals surface area contributed by atoms with Crippen LogP contribution < -0.4 is 5.32 Å². The Morgan fingerprint density at radius 3 is 2.84 bits per heavy atom. The van der Waals surface area contributed by atoms with Crippen LogP contribution in [0.1, 0.15) is 52.4 Å². The molecule has 0 radical (unpaired) electrons. The van der Waals surface area contributed by atoms with E-state index in [-0.39, 0.29) is 12.1 Å². The smallest absolute Gasteiger partial charge is 0.0666 e. The highest BCUT2D eigenvalue weighted by Gasteiger charge is 2.25. The molecule has 1 heterocycles. The molecular formula is C15H31NO2S. The van der Waals surface area contributed by atoms with Gasteiger partial charge < -0.3 is 15.2 Å². The highest BCUT2D eigenvalue weighted by molar-refractivity contribution is 7.99. The second kappa shape index (κ2) is 10.0. The number of hydrogen-bond acceptors (Lipinski definition) is 4. The van der Waals surface area contributed by atoms with E-state index in [9.17, 15) is 5.11 Å². The van der Waals surface area contributed by atoms with Crippen LogP contribution in [0.2, 0.25) is 0 Å². The van der Waals surface area contributed by atoms with Gasteiger partial charge in [-0.15, -0.1) is 0 Å². The number of hydrogen-bond donors (Lipinski definition) is 2. The molecule has 0 spiro atoms. The van der Waals surface area contributed by atoms with Gasteiger partial charge in [0.1, 0.15) is 0 Å². The molecule has 1 rings (SSSR count). The quantitative estimate of drug-likeness (QED) is 0.574. The summed E-state index contributed by atoms with van der Waals surface area (Å²) in [5.41, 5.74) is -0.0551. The Bertz CT molecular complexity index is 216. The lowest BCUT2D eigenvalue weighted by atomic mass is 9.91. The van der Waals surface area contributed by atoms with Crippen LogP contribution in [-0.4, -0.2) is 48.0 Å². The SMILES string of the molecule is CCCNC(CC)(CO)CCCSCC1CCCO1. The van der Waals surface area contributed by atoms with Gasteiger partial charge in [0, 0.05) is 17.9 Å². The van der Waals surface area contributed by atoms with Gasteiger partial charge in [-0.25, -0.2) is 0 Å². The summed E-state index contributed by atoms with van der Waals surface area (Å²) in [5.74, 6) is 2.32. The summed E-state index contributed by atoms with van der Waals surface area (Å²) in [4.78, 5) is 0. The van der Waals surface area contributed by atoms with E-state index in [4.69, 9.17) is 4.74 Å². The average molecular weight is 289 g/mol. The molecule has 2 atom stereocenters. The third kappa shape index (κ3) is 6.48. The molecule has 1 aliphatic rings. The predicted molar refractivity (Wildman–Crippen MR) is 83.9 cm³/mol. The molecule has 0 aromatic carbocycles. The first-order valence-electron chi connectivity index (χ1n) is 7.81. The van der Waals surface area contributed by atoms with Crippen molar-refractivity contribution in [3.05, 3.63) is 0 Å². The Kier molecular flexibility index (Phi) is 9.12. The second-order valence-corrected chi connectivity index (χ2v) is 6.68. The second-order valence-electron chi connectivity index (χ2n) is 5.53. The van der Waals surface area contributed by atoms with Crippen molar-refractivity contribution in [3.8, 4) is 0 Å². The fourth-order valence-electron chi connectivity index (χ4n) is 2.53. The number of aliphatic hydroxyl groups is 1. The zero-order valence-electron chi connectivity index (χ0n) is 12.6. The third-order valence-electron chi connectivity index (χ3n) is 4.00. The van der Waals surface area contributed by atoms with Crippen LogP contribution in [0.15, 0.2) is 0 Å². The van der Waals surface area contributed by atoms with Gasteiger partial charge >= 0.3 is 0 Å². The van der Waals surface area contributed by atoms with Crippen LogP contribution in [0.3, 0.4) is 0 Å². The molecule has 1 saturated heterocycles. The number of aliphatic hydroxyl groups excluding tert-OH is 1. The predicted octanol–water partition coefficient (Wildman–Crippen LogP) is 2.82. The molecular weight excluding hydrogens is 258 g/mol. The van der Waals surface area contributed by atoms with Crippen molar-refractivity contribution < 1.29 is 9.84 Å². The molecule has 2 N–H and O–H groups in total. The number of nitrogens with one attached hydrogen (secondary N) is 1. The minimum atomic E-state index is -0.0551. The van der Waals surface area contributed by atoms with Crippen LogP contribution in [0.25, 0.3) is 0 Å². The summed E-state index contributed by atoms with van der Waals surface area (Å²) >= 11 is 2.00. The first-order chi connectivity index (χ1) is 9.26. The third-order valence-corrected chi connectivity index (χ3v) is 5.19. The number of thioether (sulfide) groups is 1. The molecule has 0 aromatic rings. The van der Waals surface area contributed by atoms with Crippen LogP contribution in [0, 0.1) is 0 Å². The highest BCUT2D eigenvalue weighted by atomic mass is 32.2. The Hall–Kier alpha value is 0.230. The molecule has 4 heteroatoms. The maximum atomic E-state index is 9.64. The van der Waals surface area contributed by atoms with Crippen LogP contribution in [0.4, 0.5) is 0 Å². The van der Waals surface area contributed by atoms with Gasteiger partial charge in [-0.05, 0) is 50.8 Å². The normalized spacial score (nSPS) is 22.6. The lowest BCUT2D eigenvalue weighted by Crippen LogP contribution is -2.48. The van der Waals surface area contributed by atoms with Crippen LogP contribution >= 0.6 is 11.8 Å². The lowest BCUT2D eigenvalue weighted by Gasteiger charge is -2.32. The molecule has 19 heavy (non-hydrogen) atoms. The molecule has 0 saturated carbocycles. The van der Waals surface area contributed by atoms with E-state index in [0.29, 0.717) is 6.10 Å². The van der Waals surface area contributed by atoms with Crippen molar-refractivity contribution in [2.24, 2.45) is 0 Å². The van der Waals surface area contributed by atoms with E-state index in [1.807, 2.05) is 11.8 Å². The summed E-state index contributed by atoms with van der Waals surface area (Å²) in [5, 5.41) is 13.2. The molecule has 1 fully saturated rings. The molecule has 1 aliphatic heterocycles. The van der Waals surface area contributed by atoms with Crippen LogP contribution in [0.5, 0.6) is 0 Å². The van der Waals surface area contributed by atoms with Gasteiger partial charge in [-0.3, -0.25) is 0 Å². The van der Waals surface area contributed by atoms with E-state index in [0.717, 1.165) is 38.2 Å². The zero-order chi connectivity index (χ0) is 14.0.